The van der Waals surface area contributed by atoms with E-state index in [9.17, 15) is 14.9 Å². The number of carbonyl (C=O) groups is 2. The van der Waals surface area contributed by atoms with Gasteiger partial charge in [-0.25, -0.2) is 9.78 Å². The summed E-state index contributed by atoms with van der Waals surface area (Å²) < 4.78 is 11.0. The average Bonchev–Trinajstić information content (AvgIpc) is 3.56. The zero-order valence-corrected chi connectivity index (χ0v) is 21.2. The molecule has 38 heavy (non-hydrogen) atoms. The molecule has 2 heterocycles. The molecule has 0 aliphatic rings. The molecule has 0 spiro atoms. The Balaban J connectivity index is 1.37. The summed E-state index contributed by atoms with van der Waals surface area (Å²) in [5.74, 6) is -0.366. The first-order valence-corrected chi connectivity index (χ1v) is 12.3. The van der Waals surface area contributed by atoms with E-state index in [2.05, 4.69) is 21.4 Å². The maximum Gasteiger partial charge on any atom is 0.328 e. The smallest absolute Gasteiger partial charge is 0.328 e. The van der Waals surface area contributed by atoms with E-state index >= 15 is 0 Å². The number of nitriles is 1. The number of fused-ring (bicyclic) bond motifs is 2. The van der Waals surface area contributed by atoms with Crippen molar-refractivity contribution >= 4 is 33.9 Å². The van der Waals surface area contributed by atoms with Gasteiger partial charge in [0, 0.05) is 40.2 Å². The highest BCUT2D eigenvalue weighted by Crippen LogP contribution is 2.31. The number of hydrogen-bond donors (Lipinski definition) is 2. The van der Waals surface area contributed by atoms with E-state index in [0.717, 1.165) is 22.0 Å². The van der Waals surface area contributed by atoms with Crippen molar-refractivity contribution in [3.8, 4) is 17.5 Å². The van der Waals surface area contributed by atoms with Crippen LogP contribution in [0.15, 0.2) is 71.3 Å². The number of H-pyrrole nitrogens is 1. The van der Waals surface area contributed by atoms with Crippen LogP contribution < -0.4 is 5.32 Å². The summed E-state index contributed by atoms with van der Waals surface area (Å²) in [6.07, 6.45) is 2.12. The highest BCUT2D eigenvalue weighted by Gasteiger charge is 2.24. The van der Waals surface area contributed by atoms with Crippen molar-refractivity contribution in [3.05, 3.63) is 89.1 Å². The van der Waals surface area contributed by atoms with Crippen LogP contribution >= 0.6 is 0 Å². The zero-order chi connectivity index (χ0) is 26.8. The van der Waals surface area contributed by atoms with Gasteiger partial charge in [0.15, 0.2) is 5.58 Å². The number of nitrogens with zero attached hydrogens (tertiary/aromatic N) is 2. The van der Waals surface area contributed by atoms with Gasteiger partial charge in [0.05, 0.1) is 18.7 Å². The number of para-hydroxylation sites is 1. The second-order valence-corrected chi connectivity index (χ2v) is 9.39. The van der Waals surface area contributed by atoms with E-state index in [-0.39, 0.29) is 12.3 Å². The first-order valence-electron chi connectivity index (χ1n) is 12.3. The molecule has 0 bridgehead atoms. The van der Waals surface area contributed by atoms with Gasteiger partial charge in [0.25, 0.3) is 5.91 Å². The molecule has 0 aliphatic heterocycles. The molecule has 1 amide bonds. The Kier molecular flexibility index (Phi) is 6.67. The zero-order valence-electron chi connectivity index (χ0n) is 21.2. The Morgan fingerprint density at radius 1 is 1.13 bits per heavy atom. The predicted molar refractivity (Wildman–Crippen MR) is 144 cm³/mol. The van der Waals surface area contributed by atoms with Crippen molar-refractivity contribution in [2.45, 2.75) is 32.2 Å². The van der Waals surface area contributed by atoms with E-state index in [1.165, 1.54) is 7.11 Å². The molecule has 5 rings (SSSR count). The Bertz CT molecular complexity index is 1690. The van der Waals surface area contributed by atoms with Gasteiger partial charge in [-0.3, -0.25) is 4.79 Å². The highest BCUT2D eigenvalue weighted by molar-refractivity contribution is 5.97. The molecule has 8 heteroatoms. The Morgan fingerprint density at radius 2 is 1.89 bits per heavy atom. The first kappa shape index (κ1) is 24.8. The van der Waals surface area contributed by atoms with Crippen LogP contribution in [0.25, 0.3) is 33.5 Å². The molecule has 5 aromatic rings. The van der Waals surface area contributed by atoms with E-state index in [1.54, 1.807) is 30.3 Å². The molecule has 0 unspecified atom stereocenters. The maximum atomic E-state index is 13.0. The molecule has 0 radical (unpaired) electrons. The molecule has 2 N–H and O–H groups in total. The van der Waals surface area contributed by atoms with Crippen molar-refractivity contribution in [1.82, 2.24) is 15.3 Å². The van der Waals surface area contributed by atoms with Crippen LogP contribution in [-0.4, -0.2) is 35.0 Å². The number of nitrogens with one attached hydrogen (secondary N) is 2. The Morgan fingerprint density at radius 3 is 2.61 bits per heavy atom. The third kappa shape index (κ3) is 4.74. The average molecular weight is 507 g/mol. The number of esters is 1. The van der Waals surface area contributed by atoms with Crippen LogP contribution in [0.5, 0.6) is 0 Å². The summed E-state index contributed by atoms with van der Waals surface area (Å²) in [7, 11) is 1.30. The van der Waals surface area contributed by atoms with Gasteiger partial charge >= 0.3 is 5.97 Å². The number of oxazole rings is 1. The minimum atomic E-state index is -0.854. The maximum absolute atomic E-state index is 13.0. The van der Waals surface area contributed by atoms with Crippen molar-refractivity contribution in [2.75, 3.05) is 7.11 Å². The van der Waals surface area contributed by atoms with E-state index in [4.69, 9.17) is 9.15 Å². The Labute approximate surface area is 219 Å². The summed E-state index contributed by atoms with van der Waals surface area (Å²) in [4.78, 5) is 33.3. The SMILES string of the molecule is COC(=O)[C@@H](Cc1c[nH]c2ccccc12)NC(=O)c1ccc(-c2nc3cc(C#N)cc(C(C)C)c3o2)cc1. The second-order valence-electron chi connectivity index (χ2n) is 9.39. The largest absolute Gasteiger partial charge is 0.467 e. The van der Waals surface area contributed by atoms with Crippen molar-refractivity contribution < 1.29 is 18.7 Å². The number of hydrogen-bond acceptors (Lipinski definition) is 6. The molecular formula is C30H26N4O4. The fourth-order valence-electron chi connectivity index (χ4n) is 4.54. The Hall–Kier alpha value is -4.90. The monoisotopic (exact) mass is 506 g/mol. The first-order chi connectivity index (χ1) is 18.4. The lowest BCUT2D eigenvalue weighted by Gasteiger charge is -2.16. The third-order valence-corrected chi connectivity index (χ3v) is 6.55. The van der Waals surface area contributed by atoms with Crippen LogP contribution in [0.1, 0.15) is 46.8 Å². The molecule has 8 nitrogen and oxygen atoms in total. The molecule has 1 atom stereocenters. The molecule has 3 aromatic carbocycles. The number of ether oxygens (including phenoxy) is 1. The summed E-state index contributed by atoms with van der Waals surface area (Å²) in [5, 5.41) is 13.2. The molecule has 190 valence electrons. The van der Waals surface area contributed by atoms with Gasteiger partial charge in [-0.2, -0.15) is 5.26 Å². The van der Waals surface area contributed by atoms with Gasteiger partial charge in [-0.05, 0) is 53.9 Å². The number of benzene rings is 3. The second kappa shape index (κ2) is 10.2. The minimum absolute atomic E-state index is 0.157. The molecule has 2 aromatic heterocycles. The van der Waals surface area contributed by atoms with Crippen LogP contribution in [0, 0.1) is 11.3 Å². The third-order valence-electron chi connectivity index (χ3n) is 6.55. The summed E-state index contributed by atoms with van der Waals surface area (Å²) in [6.45, 7) is 4.07. The minimum Gasteiger partial charge on any atom is -0.467 e. The number of carbonyl (C=O) groups excluding carboxylic acids is 2. The number of aromatic amines is 1. The standard InChI is InChI=1S/C30H26N4O4/c1-17(2)23-12-18(15-31)13-25-27(23)38-29(34-25)20-10-8-19(9-11-20)28(35)33-26(30(36)37-3)14-21-16-32-24-7-5-4-6-22(21)24/h4-13,16-17,26,32H,14H2,1-3H3,(H,33,35)/t26-/m1/s1. The molecule has 0 saturated heterocycles. The summed E-state index contributed by atoms with van der Waals surface area (Å²) in [5.41, 5.74) is 5.64. The van der Waals surface area contributed by atoms with Crippen LogP contribution in [0.3, 0.4) is 0 Å². The van der Waals surface area contributed by atoms with E-state index < -0.39 is 17.9 Å². The topological polar surface area (TPSA) is 121 Å². The van der Waals surface area contributed by atoms with Gasteiger partial charge in [-0.15, -0.1) is 0 Å². The lowest BCUT2D eigenvalue weighted by atomic mass is 10.00. The molecular weight excluding hydrogens is 480 g/mol. The van der Waals surface area contributed by atoms with E-state index in [1.807, 2.05) is 50.4 Å². The van der Waals surface area contributed by atoms with E-state index in [0.29, 0.717) is 33.7 Å². The number of rotatable bonds is 7. The van der Waals surface area contributed by atoms with Crippen LogP contribution in [0.2, 0.25) is 0 Å². The summed E-state index contributed by atoms with van der Waals surface area (Å²) >= 11 is 0. The highest BCUT2D eigenvalue weighted by atomic mass is 16.5. The summed E-state index contributed by atoms with van der Waals surface area (Å²) in [6, 6.07) is 19.4. The van der Waals surface area contributed by atoms with Gasteiger partial charge in [0.1, 0.15) is 11.6 Å². The molecule has 0 aliphatic carbocycles. The van der Waals surface area contributed by atoms with Crippen molar-refractivity contribution in [2.24, 2.45) is 0 Å². The fourth-order valence-corrected chi connectivity index (χ4v) is 4.54. The predicted octanol–water partition coefficient (Wildman–Crippen LogP) is 5.49. The van der Waals surface area contributed by atoms with Crippen molar-refractivity contribution in [1.29, 1.82) is 5.26 Å². The van der Waals surface area contributed by atoms with Gasteiger partial charge in [0.2, 0.25) is 5.89 Å². The fraction of sp³-hybridized carbons (Fsp3) is 0.200. The van der Waals surface area contributed by atoms with Gasteiger partial charge < -0.3 is 19.5 Å². The quantitative estimate of drug-likeness (QED) is 0.282. The lowest BCUT2D eigenvalue weighted by molar-refractivity contribution is -0.142. The number of methoxy groups -OCH3 is 1. The number of aromatic nitrogens is 2. The normalized spacial score (nSPS) is 12.0. The van der Waals surface area contributed by atoms with Crippen LogP contribution in [-0.2, 0) is 16.0 Å². The van der Waals surface area contributed by atoms with Gasteiger partial charge in [-0.1, -0.05) is 32.0 Å². The van der Waals surface area contributed by atoms with Crippen LogP contribution in [0.4, 0.5) is 0 Å². The molecule has 0 saturated carbocycles. The number of amides is 1. The van der Waals surface area contributed by atoms with Crippen molar-refractivity contribution in [3.63, 3.8) is 0 Å². The lowest BCUT2D eigenvalue weighted by Crippen LogP contribution is -2.43. The molecule has 0 fully saturated rings.